The van der Waals surface area contributed by atoms with Crippen LogP contribution >= 0.6 is 0 Å². The monoisotopic (exact) mass is 273 g/mol. The molecule has 106 valence electrons. The average Bonchev–Trinajstić information content (AvgIpc) is 2.38. The quantitative estimate of drug-likeness (QED) is 0.920. The zero-order valence-corrected chi connectivity index (χ0v) is 12.2. The lowest BCUT2D eigenvalue weighted by atomic mass is 10.1. The molecule has 0 radical (unpaired) electrons. The summed E-state index contributed by atoms with van der Waals surface area (Å²) in [5.74, 6) is -0.477. The van der Waals surface area contributed by atoms with Gasteiger partial charge in [0.2, 0.25) is 0 Å². The predicted octanol–water partition coefficient (Wildman–Crippen LogP) is 3.81. The van der Waals surface area contributed by atoms with E-state index in [-0.39, 0.29) is 11.3 Å². The molecule has 1 N–H and O–H groups in total. The van der Waals surface area contributed by atoms with Crippen LogP contribution in [0.25, 0.3) is 10.9 Å². The van der Waals surface area contributed by atoms with Crippen LogP contribution in [0.2, 0.25) is 0 Å². The number of pyridine rings is 1. The molecule has 4 heteroatoms. The summed E-state index contributed by atoms with van der Waals surface area (Å²) in [6.07, 6.45) is 0.824. The van der Waals surface area contributed by atoms with Crippen LogP contribution in [0.15, 0.2) is 24.3 Å². The average molecular weight is 273 g/mol. The van der Waals surface area contributed by atoms with E-state index in [0.29, 0.717) is 11.3 Å². The molecule has 1 heterocycles. The summed E-state index contributed by atoms with van der Waals surface area (Å²) >= 11 is 0. The van der Waals surface area contributed by atoms with Gasteiger partial charge in [0.15, 0.2) is 5.69 Å². The highest BCUT2D eigenvalue weighted by Crippen LogP contribution is 2.30. The van der Waals surface area contributed by atoms with Crippen LogP contribution in [0.3, 0.4) is 0 Å². The third kappa shape index (κ3) is 2.90. The molecular weight excluding hydrogens is 254 g/mol. The fourth-order valence-corrected chi connectivity index (χ4v) is 1.87. The summed E-state index contributed by atoms with van der Waals surface area (Å²) in [5.41, 5.74) is 1.37. The predicted molar refractivity (Wildman–Crippen MR) is 78.4 cm³/mol. The number of fused-ring (bicyclic) bond motifs is 1. The summed E-state index contributed by atoms with van der Waals surface area (Å²) in [7, 11) is 0. The second-order valence-electron chi connectivity index (χ2n) is 5.55. The van der Waals surface area contributed by atoms with Gasteiger partial charge in [-0.25, -0.2) is 9.78 Å². The molecule has 0 aliphatic carbocycles. The van der Waals surface area contributed by atoms with Crippen molar-refractivity contribution in [2.24, 2.45) is 0 Å². The first-order valence-corrected chi connectivity index (χ1v) is 6.66. The number of rotatable bonds is 4. The first-order chi connectivity index (χ1) is 9.32. The summed E-state index contributed by atoms with van der Waals surface area (Å²) < 4.78 is 6.01. The maximum absolute atomic E-state index is 11.2. The van der Waals surface area contributed by atoms with Crippen molar-refractivity contribution in [2.45, 2.75) is 39.7 Å². The lowest BCUT2D eigenvalue weighted by molar-refractivity contribution is 0.0687. The number of benzene rings is 1. The second kappa shape index (κ2) is 5.12. The van der Waals surface area contributed by atoms with Gasteiger partial charge in [-0.1, -0.05) is 18.6 Å². The lowest BCUT2D eigenvalue weighted by Crippen LogP contribution is -2.27. The third-order valence-corrected chi connectivity index (χ3v) is 3.38. The molecule has 0 saturated heterocycles. The maximum atomic E-state index is 11.2. The van der Waals surface area contributed by atoms with Crippen LogP contribution in [0, 0.1) is 6.92 Å². The summed E-state index contributed by atoms with van der Waals surface area (Å²) in [5, 5.41) is 10.0. The molecule has 0 saturated carbocycles. The van der Waals surface area contributed by atoms with E-state index < -0.39 is 5.97 Å². The van der Waals surface area contributed by atoms with Crippen LogP contribution in [-0.4, -0.2) is 21.7 Å². The number of aromatic nitrogens is 1. The topological polar surface area (TPSA) is 59.4 Å². The normalized spacial score (nSPS) is 11.6. The number of nitrogens with zero attached hydrogens (tertiary/aromatic N) is 1. The van der Waals surface area contributed by atoms with Gasteiger partial charge in [-0.3, -0.25) is 0 Å². The zero-order chi connectivity index (χ0) is 14.9. The molecule has 20 heavy (non-hydrogen) atoms. The smallest absolute Gasteiger partial charge is 0.354 e. The molecule has 2 aromatic rings. The molecule has 0 unspecified atom stereocenters. The largest absolute Gasteiger partial charge is 0.487 e. The van der Waals surface area contributed by atoms with Crippen molar-refractivity contribution in [1.29, 1.82) is 0 Å². The van der Waals surface area contributed by atoms with E-state index in [2.05, 4.69) is 4.98 Å². The Labute approximate surface area is 118 Å². The van der Waals surface area contributed by atoms with Crippen molar-refractivity contribution in [1.82, 2.24) is 4.98 Å². The van der Waals surface area contributed by atoms with E-state index >= 15 is 0 Å². The molecule has 0 amide bonds. The van der Waals surface area contributed by atoms with Gasteiger partial charge in [-0.2, -0.15) is 0 Å². The van der Waals surface area contributed by atoms with Crippen LogP contribution < -0.4 is 4.74 Å². The number of aromatic carboxylic acids is 1. The van der Waals surface area contributed by atoms with Crippen molar-refractivity contribution < 1.29 is 14.6 Å². The Bertz CT molecular complexity index is 662. The Kier molecular flexibility index (Phi) is 3.66. The van der Waals surface area contributed by atoms with E-state index in [1.807, 2.05) is 45.9 Å². The number of carboxylic acids is 1. The molecule has 0 spiro atoms. The molecule has 0 aliphatic heterocycles. The van der Waals surface area contributed by atoms with Gasteiger partial charge in [0.25, 0.3) is 0 Å². The number of hydrogen-bond donors (Lipinski definition) is 1. The van der Waals surface area contributed by atoms with E-state index in [4.69, 9.17) is 9.84 Å². The number of hydrogen-bond acceptors (Lipinski definition) is 3. The SMILES string of the molecule is CCC(C)(C)Oc1cc(C(=O)O)nc2ccc(C)cc12. The van der Waals surface area contributed by atoms with Gasteiger partial charge >= 0.3 is 5.97 Å². The number of ether oxygens (including phenoxy) is 1. The Morgan fingerprint density at radius 2 is 2.05 bits per heavy atom. The fraction of sp³-hybridized carbons (Fsp3) is 0.375. The van der Waals surface area contributed by atoms with Crippen LogP contribution in [-0.2, 0) is 0 Å². The van der Waals surface area contributed by atoms with Gasteiger partial charge in [0.05, 0.1) is 5.52 Å². The van der Waals surface area contributed by atoms with E-state index in [1.54, 1.807) is 0 Å². The molecule has 1 aromatic heterocycles. The molecule has 4 nitrogen and oxygen atoms in total. The van der Waals surface area contributed by atoms with Crippen molar-refractivity contribution in [3.63, 3.8) is 0 Å². The Hall–Kier alpha value is -2.10. The molecule has 0 bridgehead atoms. The third-order valence-electron chi connectivity index (χ3n) is 3.38. The van der Waals surface area contributed by atoms with Gasteiger partial charge in [0, 0.05) is 11.5 Å². The Morgan fingerprint density at radius 1 is 1.35 bits per heavy atom. The molecule has 2 rings (SSSR count). The Morgan fingerprint density at radius 3 is 2.65 bits per heavy atom. The second-order valence-corrected chi connectivity index (χ2v) is 5.55. The van der Waals surface area contributed by atoms with Gasteiger partial charge in [-0.05, 0) is 39.3 Å². The highest BCUT2D eigenvalue weighted by atomic mass is 16.5. The summed E-state index contributed by atoms with van der Waals surface area (Å²) in [6.45, 7) is 7.98. The van der Waals surface area contributed by atoms with Gasteiger partial charge in [0.1, 0.15) is 11.4 Å². The van der Waals surface area contributed by atoms with Crippen molar-refractivity contribution in [3.8, 4) is 5.75 Å². The lowest BCUT2D eigenvalue weighted by Gasteiger charge is -2.26. The number of carbonyl (C=O) groups is 1. The number of aryl methyl sites for hydroxylation is 1. The minimum Gasteiger partial charge on any atom is -0.487 e. The molecule has 1 aromatic carbocycles. The molecule has 0 aliphatic rings. The fourth-order valence-electron chi connectivity index (χ4n) is 1.87. The highest BCUT2D eigenvalue weighted by Gasteiger charge is 2.20. The first kappa shape index (κ1) is 14.3. The maximum Gasteiger partial charge on any atom is 0.354 e. The summed E-state index contributed by atoms with van der Waals surface area (Å²) in [6, 6.07) is 7.20. The van der Waals surface area contributed by atoms with E-state index in [9.17, 15) is 4.79 Å². The van der Waals surface area contributed by atoms with Gasteiger partial charge in [-0.15, -0.1) is 0 Å². The molecular formula is C16H19NO3. The molecule has 0 atom stereocenters. The van der Waals surface area contributed by atoms with E-state index in [1.165, 1.54) is 6.07 Å². The van der Waals surface area contributed by atoms with Crippen molar-refractivity contribution in [3.05, 3.63) is 35.5 Å². The molecule has 0 fully saturated rings. The van der Waals surface area contributed by atoms with Crippen LogP contribution in [0.4, 0.5) is 0 Å². The highest BCUT2D eigenvalue weighted by molar-refractivity contribution is 5.93. The minimum absolute atomic E-state index is 0.00301. The first-order valence-electron chi connectivity index (χ1n) is 6.66. The Balaban J connectivity index is 2.65. The van der Waals surface area contributed by atoms with Crippen molar-refractivity contribution in [2.75, 3.05) is 0 Å². The van der Waals surface area contributed by atoms with Gasteiger partial charge < -0.3 is 9.84 Å². The summed E-state index contributed by atoms with van der Waals surface area (Å²) in [4.78, 5) is 15.3. The van der Waals surface area contributed by atoms with Crippen LogP contribution in [0.1, 0.15) is 43.2 Å². The minimum atomic E-state index is -1.05. The van der Waals surface area contributed by atoms with Crippen molar-refractivity contribution >= 4 is 16.9 Å². The van der Waals surface area contributed by atoms with E-state index in [0.717, 1.165) is 17.4 Å². The zero-order valence-electron chi connectivity index (χ0n) is 12.2. The standard InChI is InChI=1S/C16H19NO3/c1-5-16(3,4)20-14-9-13(15(18)19)17-12-7-6-10(2)8-11(12)14/h6-9H,5H2,1-4H3,(H,18,19). The van der Waals surface area contributed by atoms with Crippen LogP contribution in [0.5, 0.6) is 5.75 Å². The number of carboxylic acid groups (broad SMARTS) is 1.